The van der Waals surface area contributed by atoms with Gasteiger partial charge in [-0.2, -0.15) is 5.26 Å². The Hall–Kier alpha value is -3.31. The first-order valence-corrected chi connectivity index (χ1v) is 11.2. The van der Waals surface area contributed by atoms with Crippen molar-refractivity contribution in [3.05, 3.63) is 60.0 Å². The standard InChI is InChI=1S/C24H29N7O/c1-19-15-21(3-6-22(19)17-25)9-12-29-10-2-11-30(14-13-29)24(32)16-20-4-7-23(8-5-20)31-18-26-27-28-31/h3-8,15,18-19,22H,2,9-14,16H2,1H3. The maximum atomic E-state index is 12.9. The van der Waals surface area contributed by atoms with Gasteiger partial charge in [-0.05, 0) is 53.4 Å². The van der Waals surface area contributed by atoms with Gasteiger partial charge in [0.25, 0.3) is 0 Å². The van der Waals surface area contributed by atoms with Crippen LogP contribution < -0.4 is 0 Å². The fourth-order valence-electron chi connectivity index (χ4n) is 4.29. The zero-order valence-corrected chi connectivity index (χ0v) is 18.5. The number of carbonyl (C=O) groups is 1. The second-order valence-corrected chi connectivity index (χ2v) is 8.54. The van der Waals surface area contributed by atoms with E-state index < -0.39 is 0 Å². The Kier molecular flexibility index (Phi) is 7.07. The zero-order chi connectivity index (χ0) is 22.3. The van der Waals surface area contributed by atoms with Crippen molar-refractivity contribution in [1.82, 2.24) is 30.0 Å². The van der Waals surface area contributed by atoms with E-state index in [1.165, 1.54) is 5.57 Å². The Morgan fingerprint density at radius 3 is 2.75 bits per heavy atom. The summed E-state index contributed by atoms with van der Waals surface area (Å²) in [5.41, 5.74) is 3.18. The highest BCUT2D eigenvalue weighted by atomic mass is 16.2. The molecule has 0 saturated carbocycles. The number of allylic oxidation sites excluding steroid dienone is 3. The Balaban J connectivity index is 1.24. The van der Waals surface area contributed by atoms with E-state index in [9.17, 15) is 4.79 Å². The molecule has 2 heterocycles. The van der Waals surface area contributed by atoms with Crippen molar-refractivity contribution in [2.24, 2.45) is 11.8 Å². The summed E-state index contributed by atoms with van der Waals surface area (Å²) in [6, 6.07) is 10.1. The number of amides is 1. The minimum absolute atomic E-state index is 0.00714. The van der Waals surface area contributed by atoms with Crippen LogP contribution in [0.2, 0.25) is 0 Å². The minimum Gasteiger partial charge on any atom is -0.341 e. The van der Waals surface area contributed by atoms with Crippen LogP contribution in [0, 0.1) is 23.2 Å². The highest BCUT2D eigenvalue weighted by Crippen LogP contribution is 2.24. The number of aromatic nitrogens is 4. The Morgan fingerprint density at radius 1 is 1.19 bits per heavy atom. The van der Waals surface area contributed by atoms with Gasteiger partial charge in [0.1, 0.15) is 6.33 Å². The minimum atomic E-state index is -0.00714. The molecule has 0 radical (unpaired) electrons. The predicted octanol–water partition coefficient (Wildman–Crippen LogP) is 2.40. The maximum Gasteiger partial charge on any atom is 0.227 e. The molecule has 0 N–H and O–H groups in total. The van der Waals surface area contributed by atoms with E-state index in [1.54, 1.807) is 11.0 Å². The van der Waals surface area contributed by atoms with Crippen LogP contribution in [0.5, 0.6) is 0 Å². The highest BCUT2D eigenvalue weighted by Gasteiger charge is 2.20. The van der Waals surface area contributed by atoms with E-state index in [1.807, 2.05) is 35.2 Å². The van der Waals surface area contributed by atoms with Crippen LogP contribution in [-0.4, -0.2) is 68.6 Å². The molecular formula is C24H29N7O. The van der Waals surface area contributed by atoms with Crippen molar-refractivity contribution in [1.29, 1.82) is 5.26 Å². The lowest BCUT2D eigenvalue weighted by molar-refractivity contribution is -0.130. The van der Waals surface area contributed by atoms with Crippen molar-refractivity contribution in [2.75, 3.05) is 32.7 Å². The summed E-state index contributed by atoms with van der Waals surface area (Å²) in [4.78, 5) is 17.3. The van der Waals surface area contributed by atoms with Gasteiger partial charge in [-0.1, -0.05) is 42.9 Å². The number of benzene rings is 1. The number of rotatable bonds is 6. The van der Waals surface area contributed by atoms with Crippen LogP contribution in [0.1, 0.15) is 25.3 Å². The summed E-state index contributed by atoms with van der Waals surface area (Å²) in [5, 5.41) is 20.3. The Bertz CT molecular complexity index is 1000. The third kappa shape index (κ3) is 5.48. The molecule has 0 spiro atoms. The van der Waals surface area contributed by atoms with Crippen LogP contribution in [0.3, 0.4) is 0 Å². The van der Waals surface area contributed by atoms with Crippen molar-refractivity contribution in [3.63, 3.8) is 0 Å². The average molecular weight is 432 g/mol. The quantitative estimate of drug-likeness (QED) is 0.698. The maximum absolute atomic E-state index is 12.9. The third-order valence-electron chi connectivity index (χ3n) is 6.27. The smallest absolute Gasteiger partial charge is 0.227 e. The molecule has 32 heavy (non-hydrogen) atoms. The van der Waals surface area contributed by atoms with Gasteiger partial charge in [0.2, 0.25) is 5.91 Å². The first-order chi connectivity index (χ1) is 15.6. The number of hydrogen-bond acceptors (Lipinski definition) is 6. The number of nitriles is 1. The lowest BCUT2D eigenvalue weighted by atomic mass is 9.87. The molecule has 1 saturated heterocycles. The summed E-state index contributed by atoms with van der Waals surface area (Å²) >= 11 is 0. The molecule has 2 aliphatic rings. The molecule has 1 aromatic heterocycles. The van der Waals surface area contributed by atoms with Crippen LogP contribution in [-0.2, 0) is 11.2 Å². The first kappa shape index (κ1) is 21.9. The summed E-state index contributed by atoms with van der Waals surface area (Å²) in [7, 11) is 0. The molecule has 8 nitrogen and oxygen atoms in total. The van der Waals surface area contributed by atoms with E-state index in [4.69, 9.17) is 5.26 Å². The SMILES string of the molecule is CC1C=C(CCN2CCCN(C(=O)Cc3ccc(-n4cnnn4)cc3)CC2)C=CC1C#N. The summed E-state index contributed by atoms with van der Waals surface area (Å²) < 4.78 is 1.59. The molecule has 2 unspecified atom stereocenters. The molecule has 8 heteroatoms. The summed E-state index contributed by atoms with van der Waals surface area (Å²) in [6.45, 7) is 6.58. The van der Waals surface area contributed by atoms with Crippen molar-refractivity contribution in [2.45, 2.75) is 26.2 Å². The molecule has 1 fully saturated rings. The molecular weight excluding hydrogens is 402 g/mol. The summed E-state index contributed by atoms with van der Waals surface area (Å²) in [6.07, 6.45) is 10.3. The normalized spacial score (nSPS) is 21.6. The first-order valence-electron chi connectivity index (χ1n) is 11.2. The average Bonchev–Trinajstić information content (AvgIpc) is 3.24. The Labute approximate surface area is 188 Å². The summed E-state index contributed by atoms with van der Waals surface area (Å²) in [5.74, 6) is 0.447. The lowest BCUT2D eigenvalue weighted by Gasteiger charge is -2.23. The van der Waals surface area contributed by atoms with Gasteiger partial charge < -0.3 is 9.80 Å². The number of carbonyl (C=O) groups excluding carboxylic acids is 1. The van der Waals surface area contributed by atoms with E-state index in [2.05, 4.69) is 45.6 Å². The third-order valence-corrected chi connectivity index (χ3v) is 6.27. The van der Waals surface area contributed by atoms with Gasteiger partial charge in [0, 0.05) is 26.2 Å². The van der Waals surface area contributed by atoms with Crippen LogP contribution >= 0.6 is 0 Å². The molecule has 1 aliphatic heterocycles. The molecule has 1 aromatic carbocycles. The fraction of sp³-hybridized carbons (Fsp3) is 0.458. The number of hydrogen-bond donors (Lipinski definition) is 0. The largest absolute Gasteiger partial charge is 0.341 e. The van der Waals surface area contributed by atoms with Gasteiger partial charge in [-0.25, -0.2) is 4.68 Å². The lowest BCUT2D eigenvalue weighted by Crippen LogP contribution is -2.36. The van der Waals surface area contributed by atoms with Crippen LogP contribution in [0.4, 0.5) is 0 Å². The zero-order valence-electron chi connectivity index (χ0n) is 18.5. The topological polar surface area (TPSA) is 90.9 Å². The van der Waals surface area contributed by atoms with Crippen molar-refractivity contribution < 1.29 is 4.79 Å². The Morgan fingerprint density at radius 2 is 2.03 bits per heavy atom. The molecule has 166 valence electrons. The van der Waals surface area contributed by atoms with Gasteiger partial charge in [-0.15, -0.1) is 5.10 Å². The van der Waals surface area contributed by atoms with Crippen molar-refractivity contribution in [3.8, 4) is 11.8 Å². The van der Waals surface area contributed by atoms with Crippen LogP contribution in [0.15, 0.2) is 54.4 Å². The van der Waals surface area contributed by atoms with Crippen LogP contribution in [0.25, 0.3) is 5.69 Å². The fourth-order valence-corrected chi connectivity index (χ4v) is 4.29. The van der Waals surface area contributed by atoms with Gasteiger partial charge in [-0.3, -0.25) is 4.79 Å². The number of nitrogens with zero attached hydrogens (tertiary/aromatic N) is 7. The molecule has 0 bridgehead atoms. The van der Waals surface area contributed by atoms with Gasteiger partial charge in [0.05, 0.1) is 24.1 Å². The van der Waals surface area contributed by atoms with E-state index >= 15 is 0 Å². The second-order valence-electron chi connectivity index (χ2n) is 8.54. The monoisotopic (exact) mass is 431 g/mol. The molecule has 2 aromatic rings. The van der Waals surface area contributed by atoms with E-state index in [-0.39, 0.29) is 17.7 Å². The highest BCUT2D eigenvalue weighted by molar-refractivity contribution is 5.78. The van der Waals surface area contributed by atoms with Crippen molar-refractivity contribution >= 4 is 5.91 Å². The molecule has 1 aliphatic carbocycles. The number of tetrazole rings is 1. The predicted molar refractivity (Wildman–Crippen MR) is 121 cm³/mol. The van der Waals surface area contributed by atoms with E-state index in [0.717, 1.165) is 56.8 Å². The molecule has 4 rings (SSSR count). The second kappa shape index (κ2) is 10.3. The molecule has 2 atom stereocenters. The molecule has 1 amide bonds. The van der Waals surface area contributed by atoms with E-state index in [0.29, 0.717) is 6.42 Å². The van der Waals surface area contributed by atoms with Gasteiger partial charge >= 0.3 is 0 Å². The van der Waals surface area contributed by atoms with Gasteiger partial charge in [0.15, 0.2) is 0 Å².